The molecule has 0 spiro atoms. The number of nitrogens with zero attached hydrogens (tertiary/aromatic N) is 4. The molecule has 0 radical (unpaired) electrons. The standard InChI is InChI=1S/C21H25ClN4O2/c1-14-11-26(12-15(2)28-14)21-17-13-25(19(27)10-22)9-8-18(17)23-20(24-21)16-6-4-3-5-7-16/h3-7,14-15H,8-13H2,1-2H3/t14-,15-/m0/s1. The molecule has 2 atom stereocenters. The molecule has 3 heterocycles. The van der Waals surface area contributed by atoms with Crippen LogP contribution in [0.4, 0.5) is 5.82 Å². The molecule has 7 heteroatoms. The normalized spacial score (nSPS) is 22.1. The molecular formula is C21H25ClN4O2. The van der Waals surface area contributed by atoms with E-state index in [4.69, 9.17) is 26.3 Å². The van der Waals surface area contributed by atoms with Crippen LogP contribution < -0.4 is 4.90 Å². The van der Waals surface area contributed by atoms with Gasteiger partial charge in [-0.05, 0) is 13.8 Å². The van der Waals surface area contributed by atoms with Crippen LogP contribution in [0.1, 0.15) is 25.1 Å². The summed E-state index contributed by atoms with van der Waals surface area (Å²) in [5.41, 5.74) is 3.06. The molecule has 0 saturated carbocycles. The number of hydrogen-bond acceptors (Lipinski definition) is 5. The number of carbonyl (C=O) groups is 1. The number of amides is 1. The molecule has 0 aliphatic carbocycles. The summed E-state index contributed by atoms with van der Waals surface area (Å²) in [6, 6.07) is 10.0. The summed E-state index contributed by atoms with van der Waals surface area (Å²) >= 11 is 5.79. The molecule has 1 aromatic heterocycles. The summed E-state index contributed by atoms with van der Waals surface area (Å²) in [6.07, 6.45) is 0.959. The molecule has 2 aromatic rings. The Balaban J connectivity index is 1.78. The molecule has 1 saturated heterocycles. The van der Waals surface area contributed by atoms with Gasteiger partial charge in [0.25, 0.3) is 0 Å². The van der Waals surface area contributed by atoms with Crippen molar-refractivity contribution in [2.24, 2.45) is 0 Å². The zero-order chi connectivity index (χ0) is 19.7. The summed E-state index contributed by atoms with van der Waals surface area (Å²) in [7, 11) is 0. The minimum absolute atomic E-state index is 0.000749. The van der Waals surface area contributed by atoms with E-state index in [-0.39, 0.29) is 24.0 Å². The third-order valence-electron chi connectivity index (χ3n) is 5.26. The fourth-order valence-corrected chi connectivity index (χ4v) is 4.19. The van der Waals surface area contributed by atoms with Gasteiger partial charge in [0.15, 0.2) is 5.82 Å². The van der Waals surface area contributed by atoms with Crippen molar-refractivity contribution in [2.75, 3.05) is 30.4 Å². The number of hydrogen-bond donors (Lipinski definition) is 0. The summed E-state index contributed by atoms with van der Waals surface area (Å²) in [6.45, 7) is 6.84. The van der Waals surface area contributed by atoms with Gasteiger partial charge < -0.3 is 14.5 Å². The first-order chi connectivity index (χ1) is 13.5. The van der Waals surface area contributed by atoms with Gasteiger partial charge in [-0.15, -0.1) is 11.6 Å². The van der Waals surface area contributed by atoms with Gasteiger partial charge in [-0.1, -0.05) is 30.3 Å². The van der Waals surface area contributed by atoms with Gasteiger partial charge in [0.1, 0.15) is 11.7 Å². The lowest BCUT2D eigenvalue weighted by Crippen LogP contribution is -2.47. The molecule has 0 unspecified atom stereocenters. The second-order valence-electron chi connectivity index (χ2n) is 7.52. The number of benzene rings is 1. The zero-order valence-electron chi connectivity index (χ0n) is 16.3. The van der Waals surface area contributed by atoms with Crippen molar-refractivity contribution in [3.8, 4) is 11.4 Å². The van der Waals surface area contributed by atoms with Gasteiger partial charge in [-0.25, -0.2) is 9.97 Å². The first-order valence-electron chi connectivity index (χ1n) is 9.74. The number of alkyl halides is 1. The van der Waals surface area contributed by atoms with Crippen molar-refractivity contribution in [2.45, 2.75) is 39.0 Å². The average molecular weight is 401 g/mol. The summed E-state index contributed by atoms with van der Waals surface area (Å²) in [5, 5.41) is 0. The number of ether oxygens (including phenoxy) is 1. The average Bonchev–Trinajstić information content (AvgIpc) is 2.72. The van der Waals surface area contributed by atoms with E-state index in [1.54, 1.807) is 4.90 Å². The van der Waals surface area contributed by atoms with Crippen molar-refractivity contribution in [1.29, 1.82) is 0 Å². The smallest absolute Gasteiger partial charge is 0.237 e. The Labute approximate surface area is 170 Å². The number of aromatic nitrogens is 2. The molecule has 28 heavy (non-hydrogen) atoms. The van der Waals surface area contributed by atoms with Crippen molar-refractivity contribution < 1.29 is 9.53 Å². The predicted molar refractivity (Wildman–Crippen MR) is 110 cm³/mol. The number of rotatable bonds is 3. The van der Waals surface area contributed by atoms with Gasteiger partial charge in [0.2, 0.25) is 5.91 Å². The van der Waals surface area contributed by atoms with Crippen molar-refractivity contribution in [1.82, 2.24) is 14.9 Å². The fourth-order valence-electron chi connectivity index (χ4n) is 4.02. The van der Waals surface area contributed by atoms with Crippen LogP contribution in [0.5, 0.6) is 0 Å². The summed E-state index contributed by atoms with van der Waals surface area (Å²) in [4.78, 5) is 26.1. The minimum atomic E-state index is -0.0471. The Kier molecular flexibility index (Phi) is 5.51. The van der Waals surface area contributed by atoms with Crippen LogP contribution in [0.3, 0.4) is 0 Å². The maximum atomic E-state index is 12.2. The van der Waals surface area contributed by atoms with E-state index in [1.807, 2.05) is 30.3 Å². The van der Waals surface area contributed by atoms with Crippen LogP contribution in [0.15, 0.2) is 30.3 Å². The van der Waals surface area contributed by atoms with Crippen LogP contribution in [0.25, 0.3) is 11.4 Å². The highest BCUT2D eigenvalue weighted by atomic mass is 35.5. The molecule has 2 aliphatic heterocycles. The van der Waals surface area contributed by atoms with E-state index in [0.29, 0.717) is 19.5 Å². The molecule has 2 aliphatic rings. The quantitative estimate of drug-likeness (QED) is 0.741. The predicted octanol–water partition coefficient (Wildman–Crippen LogP) is 2.88. The first kappa shape index (κ1) is 19.2. The van der Waals surface area contributed by atoms with Gasteiger partial charge >= 0.3 is 0 Å². The lowest BCUT2D eigenvalue weighted by Gasteiger charge is -2.38. The molecular weight excluding hydrogens is 376 g/mol. The van der Waals surface area contributed by atoms with Crippen LogP contribution in [0.2, 0.25) is 0 Å². The number of morpholine rings is 1. The van der Waals surface area contributed by atoms with Crippen molar-refractivity contribution >= 4 is 23.3 Å². The fraction of sp³-hybridized carbons (Fsp3) is 0.476. The third-order valence-corrected chi connectivity index (χ3v) is 5.49. The number of halogens is 1. The Morgan fingerprint density at radius 3 is 2.57 bits per heavy atom. The Bertz CT molecular complexity index is 851. The number of carbonyl (C=O) groups excluding carboxylic acids is 1. The van der Waals surface area contributed by atoms with E-state index in [9.17, 15) is 4.79 Å². The number of fused-ring (bicyclic) bond motifs is 1. The zero-order valence-corrected chi connectivity index (χ0v) is 17.0. The van der Waals surface area contributed by atoms with Gasteiger partial charge in [-0.3, -0.25) is 4.79 Å². The van der Waals surface area contributed by atoms with Crippen LogP contribution >= 0.6 is 11.6 Å². The highest BCUT2D eigenvalue weighted by Gasteiger charge is 2.30. The highest BCUT2D eigenvalue weighted by molar-refractivity contribution is 6.27. The van der Waals surface area contributed by atoms with E-state index in [2.05, 4.69) is 18.7 Å². The molecule has 0 N–H and O–H groups in total. The molecule has 0 bridgehead atoms. The monoisotopic (exact) mass is 400 g/mol. The molecule has 1 fully saturated rings. The Hall–Kier alpha value is -2.18. The van der Waals surface area contributed by atoms with Crippen molar-refractivity contribution in [3.63, 3.8) is 0 Å². The van der Waals surface area contributed by atoms with Crippen LogP contribution in [-0.4, -0.2) is 58.5 Å². The van der Waals surface area contributed by atoms with Crippen LogP contribution in [0, 0.1) is 0 Å². The molecule has 4 rings (SSSR count). The lowest BCUT2D eigenvalue weighted by molar-refractivity contribution is -0.129. The summed E-state index contributed by atoms with van der Waals surface area (Å²) < 4.78 is 5.91. The number of anilines is 1. The topological polar surface area (TPSA) is 58.6 Å². The highest BCUT2D eigenvalue weighted by Crippen LogP contribution is 2.31. The Morgan fingerprint density at radius 1 is 1.18 bits per heavy atom. The van der Waals surface area contributed by atoms with Crippen LogP contribution in [-0.2, 0) is 22.5 Å². The maximum absolute atomic E-state index is 12.2. The van der Waals surface area contributed by atoms with E-state index < -0.39 is 0 Å². The largest absolute Gasteiger partial charge is 0.372 e. The second-order valence-corrected chi connectivity index (χ2v) is 7.79. The molecule has 1 aromatic carbocycles. The van der Waals surface area contributed by atoms with Crippen molar-refractivity contribution in [3.05, 3.63) is 41.6 Å². The third kappa shape index (κ3) is 3.84. The van der Waals surface area contributed by atoms with Gasteiger partial charge in [-0.2, -0.15) is 0 Å². The van der Waals surface area contributed by atoms with E-state index >= 15 is 0 Å². The van der Waals surface area contributed by atoms with E-state index in [0.717, 1.165) is 41.6 Å². The Morgan fingerprint density at radius 2 is 1.89 bits per heavy atom. The SMILES string of the molecule is C[C@H]1CN(c2nc(-c3ccccc3)nc3c2CN(C(=O)CCl)CC3)C[C@H](C)O1. The maximum Gasteiger partial charge on any atom is 0.237 e. The second kappa shape index (κ2) is 8.05. The van der Waals surface area contributed by atoms with Gasteiger partial charge in [0.05, 0.1) is 24.4 Å². The minimum Gasteiger partial charge on any atom is -0.372 e. The van der Waals surface area contributed by atoms with E-state index in [1.165, 1.54) is 0 Å². The molecule has 1 amide bonds. The summed E-state index contributed by atoms with van der Waals surface area (Å²) in [5.74, 6) is 1.60. The lowest BCUT2D eigenvalue weighted by atomic mass is 10.0. The molecule has 148 valence electrons. The van der Waals surface area contributed by atoms with Gasteiger partial charge in [0, 0.05) is 37.2 Å². The molecule has 6 nitrogen and oxygen atoms in total. The first-order valence-corrected chi connectivity index (χ1v) is 10.3.